The van der Waals surface area contributed by atoms with Crippen molar-refractivity contribution in [2.24, 2.45) is 0 Å². The van der Waals surface area contributed by atoms with Gasteiger partial charge in [0.2, 0.25) is 0 Å². The Bertz CT molecular complexity index is 724. The van der Waals surface area contributed by atoms with Crippen LogP contribution in [0.1, 0.15) is 15.9 Å². The molecule has 0 aliphatic rings. The highest BCUT2D eigenvalue weighted by Crippen LogP contribution is 2.26. The minimum Gasteiger partial charge on any atom is -0.289 e. The van der Waals surface area contributed by atoms with E-state index in [2.05, 4.69) is 0 Å². The van der Waals surface area contributed by atoms with Crippen LogP contribution in [0.2, 0.25) is 10.0 Å². The quantitative estimate of drug-likeness (QED) is 0.352. The largest absolute Gasteiger partial charge is 0.289 e. The number of hydrogen-bond donors (Lipinski definition) is 0. The number of nitrogens with zero attached hydrogens (tertiary/aromatic N) is 1. The standard InChI is InChI=1S/C15H9Cl2NO3/c16-13-3-1-2-11(15(13)17)6-9-14(19)10-4-7-12(8-5-10)18(20)21/h1-9H/b9-6+. The van der Waals surface area contributed by atoms with Crippen LogP contribution in [-0.2, 0) is 0 Å². The van der Waals surface area contributed by atoms with E-state index in [9.17, 15) is 14.9 Å². The second-order valence-corrected chi connectivity index (χ2v) is 4.93. The molecule has 0 aliphatic heterocycles. The number of allylic oxidation sites excluding steroid dienone is 1. The van der Waals surface area contributed by atoms with Gasteiger partial charge < -0.3 is 0 Å². The zero-order valence-corrected chi connectivity index (χ0v) is 12.1. The summed E-state index contributed by atoms with van der Waals surface area (Å²) in [5.41, 5.74) is 0.919. The summed E-state index contributed by atoms with van der Waals surface area (Å²) in [5.74, 6) is -0.277. The third kappa shape index (κ3) is 3.68. The van der Waals surface area contributed by atoms with Gasteiger partial charge in [-0.05, 0) is 35.9 Å². The van der Waals surface area contributed by atoms with Crippen LogP contribution in [0.25, 0.3) is 6.08 Å². The number of ketones is 1. The topological polar surface area (TPSA) is 60.2 Å². The number of carbonyl (C=O) groups is 1. The maximum Gasteiger partial charge on any atom is 0.269 e. The van der Waals surface area contributed by atoms with Crippen molar-refractivity contribution in [2.45, 2.75) is 0 Å². The fourth-order valence-electron chi connectivity index (χ4n) is 1.66. The number of benzene rings is 2. The Hall–Kier alpha value is -2.17. The maximum absolute atomic E-state index is 12.0. The second-order valence-electron chi connectivity index (χ2n) is 4.14. The van der Waals surface area contributed by atoms with Crippen LogP contribution < -0.4 is 0 Å². The van der Waals surface area contributed by atoms with Crippen molar-refractivity contribution in [3.05, 3.63) is 79.8 Å². The van der Waals surface area contributed by atoms with Crippen molar-refractivity contribution >= 4 is 40.7 Å². The molecular weight excluding hydrogens is 313 g/mol. The highest BCUT2D eigenvalue weighted by Gasteiger charge is 2.07. The van der Waals surface area contributed by atoms with Gasteiger partial charge in [0.05, 0.1) is 15.0 Å². The lowest BCUT2D eigenvalue weighted by Gasteiger charge is -2.00. The van der Waals surface area contributed by atoms with Crippen molar-refractivity contribution < 1.29 is 9.72 Å². The molecule has 0 saturated heterocycles. The first-order chi connectivity index (χ1) is 9.99. The molecule has 0 aliphatic carbocycles. The van der Waals surface area contributed by atoms with Gasteiger partial charge >= 0.3 is 0 Å². The van der Waals surface area contributed by atoms with Gasteiger partial charge in [0.1, 0.15) is 0 Å². The van der Waals surface area contributed by atoms with E-state index in [0.29, 0.717) is 21.2 Å². The van der Waals surface area contributed by atoms with Crippen LogP contribution >= 0.6 is 23.2 Å². The lowest BCUT2D eigenvalue weighted by atomic mass is 10.1. The summed E-state index contributed by atoms with van der Waals surface area (Å²) in [7, 11) is 0. The summed E-state index contributed by atoms with van der Waals surface area (Å²) in [6, 6.07) is 10.5. The maximum atomic E-state index is 12.0. The number of carbonyl (C=O) groups excluding carboxylic acids is 1. The van der Waals surface area contributed by atoms with Gasteiger partial charge in [0.25, 0.3) is 5.69 Å². The Morgan fingerprint density at radius 2 is 1.76 bits per heavy atom. The van der Waals surface area contributed by atoms with Gasteiger partial charge in [-0.2, -0.15) is 0 Å². The third-order valence-electron chi connectivity index (χ3n) is 2.76. The highest BCUT2D eigenvalue weighted by molar-refractivity contribution is 6.42. The molecule has 2 rings (SSSR count). The van der Waals surface area contributed by atoms with E-state index in [1.807, 2.05) is 0 Å². The first-order valence-electron chi connectivity index (χ1n) is 5.90. The molecule has 21 heavy (non-hydrogen) atoms. The van der Waals surface area contributed by atoms with Gasteiger partial charge in [-0.1, -0.05) is 35.3 Å². The second kappa shape index (κ2) is 6.52. The lowest BCUT2D eigenvalue weighted by Crippen LogP contribution is -1.95. The SMILES string of the molecule is O=C(/C=C/c1cccc(Cl)c1Cl)c1ccc([N+](=O)[O-])cc1. The first-order valence-corrected chi connectivity index (χ1v) is 6.65. The van der Waals surface area contributed by atoms with Crippen molar-refractivity contribution in [1.29, 1.82) is 0 Å². The van der Waals surface area contributed by atoms with Crippen LogP contribution in [-0.4, -0.2) is 10.7 Å². The monoisotopic (exact) mass is 321 g/mol. The summed E-state index contributed by atoms with van der Waals surface area (Å²) in [6.45, 7) is 0. The van der Waals surface area contributed by atoms with Crippen molar-refractivity contribution in [2.75, 3.05) is 0 Å². The fourth-order valence-corrected chi connectivity index (χ4v) is 2.03. The molecule has 2 aromatic carbocycles. The molecule has 0 bridgehead atoms. The Balaban J connectivity index is 2.19. The number of nitro benzene ring substituents is 1. The molecule has 0 saturated carbocycles. The van der Waals surface area contributed by atoms with E-state index in [4.69, 9.17) is 23.2 Å². The molecule has 0 atom stereocenters. The summed E-state index contributed by atoms with van der Waals surface area (Å²) < 4.78 is 0. The number of non-ortho nitro benzene ring substituents is 1. The molecule has 0 radical (unpaired) electrons. The van der Waals surface area contributed by atoms with E-state index >= 15 is 0 Å². The van der Waals surface area contributed by atoms with Crippen LogP contribution in [0.15, 0.2) is 48.5 Å². The minimum absolute atomic E-state index is 0.0617. The number of halogens is 2. The average Bonchev–Trinajstić information content (AvgIpc) is 2.48. The molecule has 2 aromatic rings. The smallest absolute Gasteiger partial charge is 0.269 e. The highest BCUT2D eigenvalue weighted by atomic mass is 35.5. The Kier molecular flexibility index (Phi) is 4.73. The molecule has 0 heterocycles. The van der Waals surface area contributed by atoms with Crippen molar-refractivity contribution in [3.63, 3.8) is 0 Å². The molecule has 0 unspecified atom stereocenters. The van der Waals surface area contributed by atoms with Gasteiger partial charge in [-0.3, -0.25) is 14.9 Å². The lowest BCUT2D eigenvalue weighted by molar-refractivity contribution is -0.384. The van der Waals surface area contributed by atoms with E-state index in [-0.39, 0.29) is 11.5 Å². The zero-order chi connectivity index (χ0) is 15.4. The van der Waals surface area contributed by atoms with Gasteiger partial charge in [0.15, 0.2) is 5.78 Å². The summed E-state index contributed by atoms with van der Waals surface area (Å²) in [6.07, 6.45) is 2.90. The minimum atomic E-state index is -0.518. The van der Waals surface area contributed by atoms with E-state index in [1.54, 1.807) is 24.3 Å². The predicted octanol–water partition coefficient (Wildman–Crippen LogP) is 4.80. The molecule has 4 nitrogen and oxygen atoms in total. The van der Waals surface area contributed by atoms with Crippen molar-refractivity contribution in [1.82, 2.24) is 0 Å². The Labute approximate surface area is 130 Å². The van der Waals surface area contributed by atoms with Crippen LogP contribution in [0.4, 0.5) is 5.69 Å². The van der Waals surface area contributed by atoms with E-state index in [0.717, 1.165) is 0 Å². The molecule has 106 valence electrons. The van der Waals surface area contributed by atoms with Gasteiger partial charge in [-0.15, -0.1) is 0 Å². The normalized spacial score (nSPS) is 10.8. The average molecular weight is 322 g/mol. The molecular formula is C15H9Cl2NO3. The molecule has 6 heteroatoms. The van der Waals surface area contributed by atoms with Gasteiger partial charge in [0, 0.05) is 17.7 Å². The van der Waals surface area contributed by atoms with Crippen LogP contribution in [0, 0.1) is 10.1 Å². The summed E-state index contributed by atoms with van der Waals surface area (Å²) in [5, 5.41) is 11.3. The van der Waals surface area contributed by atoms with Crippen LogP contribution in [0.5, 0.6) is 0 Å². The summed E-state index contributed by atoms with van der Waals surface area (Å²) in [4.78, 5) is 22.0. The Morgan fingerprint density at radius 1 is 1.10 bits per heavy atom. The molecule has 0 spiro atoms. The number of rotatable bonds is 4. The zero-order valence-electron chi connectivity index (χ0n) is 10.6. The van der Waals surface area contributed by atoms with Gasteiger partial charge in [-0.25, -0.2) is 0 Å². The van der Waals surface area contributed by atoms with Crippen LogP contribution in [0.3, 0.4) is 0 Å². The molecule has 0 fully saturated rings. The van der Waals surface area contributed by atoms with E-state index in [1.165, 1.54) is 30.3 Å². The number of hydrogen-bond acceptors (Lipinski definition) is 3. The predicted molar refractivity (Wildman–Crippen MR) is 82.9 cm³/mol. The fraction of sp³-hybridized carbons (Fsp3) is 0. The summed E-state index contributed by atoms with van der Waals surface area (Å²) >= 11 is 11.9. The molecule has 0 aromatic heterocycles. The Morgan fingerprint density at radius 3 is 2.38 bits per heavy atom. The molecule has 0 amide bonds. The number of nitro groups is 1. The third-order valence-corrected chi connectivity index (χ3v) is 3.59. The van der Waals surface area contributed by atoms with E-state index < -0.39 is 4.92 Å². The van der Waals surface area contributed by atoms with Crippen molar-refractivity contribution in [3.8, 4) is 0 Å². The first kappa shape index (κ1) is 15.2. The molecule has 0 N–H and O–H groups in total.